The van der Waals surface area contributed by atoms with Crippen LogP contribution in [-0.4, -0.2) is 21.7 Å². The van der Waals surface area contributed by atoms with Gasteiger partial charge < -0.3 is 15.9 Å². The number of carbonyl (C=O) groups is 1. The highest BCUT2D eigenvalue weighted by Crippen LogP contribution is 2.20. The fraction of sp³-hybridized carbons (Fsp3) is 0.462. The number of unbranched alkanes of at least 4 members (excludes halogenated alkanes) is 1. The van der Waals surface area contributed by atoms with Crippen LogP contribution < -0.4 is 5.73 Å². The SMILES string of the molecule is CCCC[C@](N)(Cc1cccc(O)c1)C(=O)O. The third-order valence-corrected chi connectivity index (χ3v) is 2.83. The minimum atomic E-state index is -1.25. The van der Waals surface area contributed by atoms with Crippen LogP contribution in [0.3, 0.4) is 0 Å². The standard InChI is InChI=1S/C13H19NO3/c1-2-3-7-13(14,12(16)17)9-10-5-4-6-11(15)8-10/h4-6,8,15H,2-3,7,9,14H2,1H3,(H,16,17)/t13-/m0/s1. The Morgan fingerprint density at radius 2 is 2.18 bits per heavy atom. The van der Waals surface area contributed by atoms with E-state index in [9.17, 15) is 15.0 Å². The number of carboxylic acid groups (broad SMARTS) is 1. The molecule has 0 radical (unpaired) electrons. The molecule has 4 nitrogen and oxygen atoms in total. The minimum absolute atomic E-state index is 0.130. The van der Waals surface area contributed by atoms with Crippen LogP contribution in [0.2, 0.25) is 0 Å². The van der Waals surface area contributed by atoms with Gasteiger partial charge in [-0.25, -0.2) is 0 Å². The summed E-state index contributed by atoms with van der Waals surface area (Å²) in [6.07, 6.45) is 2.36. The number of hydrogen-bond donors (Lipinski definition) is 3. The number of carboxylic acids is 1. The van der Waals surface area contributed by atoms with Crippen molar-refractivity contribution in [3.63, 3.8) is 0 Å². The topological polar surface area (TPSA) is 83.5 Å². The highest BCUT2D eigenvalue weighted by molar-refractivity contribution is 5.78. The summed E-state index contributed by atoms with van der Waals surface area (Å²) in [5.41, 5.74) is 5.42. The first-order chi connectivity index (χ1) is 7.98. The van der Waals surface area contributed by atoms with E-state index in [1.807, 2.05) is 6.92 Å². The molecule has 0 aliphatic heterocycles. The molecular formula is C13H19NO3. The monoisotopic (exact) mass is 237 g/mol. The Balaban J connectivity index is 2.83. The number of phenolic OH excluding ortho intramolecular Hbond substituents is 1. The van der Waals surface area contributed by atoms with Gasteiger partial charge in [-0.1, -0.05) is 31.9 Å². The van der Waals surface area contributed by atoms with Gasteiger partial charge in [0.05, 0.1) is 0 Å². The van der Waals surface area contributed by atoms with Crippen molar-refractivity contribution in [2.24, 2.45) is 5.73 Å². The van der Waals surface area contributed by atoms with E-state index in [1.54, 1.807) is 24.3 Å². The molecule has 0 amide bonds. The quantitative estimate of drug-likeness (QED) is 0.705. The molecule has 4 heteroatoms. The lowest BCUT2D eigenvalue weighted by Crippen LogP contribution is -2.49. The van der Waals surface area contributed by atoms with E-state index in [4.69, 9.17) is 5.73 Å². The number of rotatable bonds is 6. The van der Waals surface area contributed by atoms with Crippen molar-refractivity contribution in [2.45, 2.75) is 38.1 Å². The van der Waals surface area contributed by atoms with Crippen LogP contribution in [0.5, 0.6) is 5.75 Å². The summed E-state index contributed by atoms with van der Waals surface area (Å²) in [6.45, 7) is 2.00. The first kappa shape index (κ1) is 13.5. The summed E-state index contributed by atoms with van der Waals surface area (Å²) in [7, 11) is 0. The highest BCUT2D eigenvalue weighted by atomic mass is 16.4. The summed E-state index contributed by atoms with van der Waals surface area (Å²) < 4.78 is 0. The summed E-state index contributed by atoms with van der Waals surface area (Å²) in [6, 6.07) is 6.56. The number of hydrogen-bond acceptors (Lipinski definition) is 3. The smallest absolute Gasteiger partial charge is 0.324 e. The van der Waals surface area contributed by atoms with Crippen LogP contribution in [-0.2, 0) is 11.2 Å². The molecule has 0 saturated heterocycles. The highest BCUT2D eigenvalue weighted by Gasteiger charge is 2.33. The second kappa shape index (κ2) is 5.68. The molecule has 0 spiro atoms. The lowest BCUT2D eigenvalue weighted by molar-refractivity contribution is -0.143. The van der Waals surface area contributed by atoms with Crippen molar-refractivity contribution in [3.8, 4) is 5.75 Å². The van der Waals surface area contributed by atoms with Gasteiger partial charge in [0.25, 0.3) is 0 Å². The van der Waals surface area contributed by atoms with Crippen molar-refractivity contribution >= 4 is 5.97 Å². The van der Waals surface area contributed by atoms with Crippen molar-refractivity contribution in [1.82, 2.24) is 0 Å². The molecule has 0 heterocycles. The Labute approximate surface area is 101 Å². The van der Waals surface area contributed by atoms with E-state index in [2.05, 4.69) is 0 Å². The van der Waals surface area contributed by atoms with Gasteiger partial charge in [-0.3, -0.25) is 4.79 Å². The summed E-state index contributed by atoms with van der Waals surface area (Å²) in [5, 5.41) is 18.5. The maximum Gasteiger partial charge on any atom is 0.324 e. The number of phenols is 1. The predicted molar refractivity (Wildman–Crippen MR) is 65.9 cm³/mol. The molecule has 1 aromatic rings. The first-order valence-corrected chi connectivity index (χ1v) is 5.78. The molecule has 17 heavy (non-hydrogen) atoms. The fourth-order valence-electron chi connectivity index (χ4n) is 1.79. The Kier molecular flexibility index (Phi) is 4.52. The fourth-order valence-corrected chi connectivity index (χ4v) is 1.79. The molecule has 1 aromatic carbocycles. The molecule has 0 fully saturated rings. The van der Waals surface area contributed by atoms with E-state index in [-0.39, 0.29) is 12.2 Å². The van der Waals surface area contributed by atoms with Crippen molar-refractivity contribution in [3.05, 3.63) is 29.8 Å². The molecular weight excluding hydrogens is 218 g/mol. The molecule has 1 rings (SSSR count). The Morgan fingerprint density at radius 1 is 1.47 bits per heavy atom. The predicted octanol–water partition coefficient (Wildman–Crippen LogP) is 1.91. The number of aliphatic carboxylic acids is 1. The Hall–Kier alpha value is -1.55. The zero-order valence-corrected chi connectivity index (χ0v) is 10.0. The van der Waals surface area contributed by atoms with E-state index in [0.29, 0.717) is 6.42 Å². The number of aromatic hydroxyl groups is 1. The minimum Gasteiger partial charge on any atom is -0.508 e. The van der Waals surface area contributed by atoms with Gasteiger partial charge in [-0.05, 0) is 24.1 Å². The zero-order valence-electron chi connectivity index (χ0n) is 10.0. The van der Waals surface area contributed by atoms with Crippen molar-refractivity contribution < 1.29 is 15.0 Å². The molecule has 0 aliphatic carbocycles. The van der Waals surface area contributed by atoms with E-state index in [0.717, 1.165) is 18.4 Å². The molecule has 94 valence electrons. The average Bonchev–Trinajstić information content (AvgIpc) is 2.26. The maximum absolute atomic E-state index is 11.2. The van der Waals surface area contributed by atoms with Gasteiger partial charge in [0.1, 0.15) is 11.3 Å². The maximum atomic E-state index is 11.2. The molecule has 1 atom stereocenters. The van der Waals surface area contributed by atoms with Crippen molar-refractivity contribution in [2.75, 3.05) is 0 Å². The third-order valence-electron chi connectivity index (χ3n) is 2.83. The summed E-state index contributed by atoms with van der Waals surface area (Å²) in [5.74, 6) is -0.861. The van der Waals surface area contributed by atoms with Crippen LogP contribution in [0.25, 0.3) is 0 Å². The average molecular weight is 237 g/mol. The number of nitrogens with two attached hydrogens (primary N) is 1. The van der Waals surface area contributed by atoms with Crippen LogP contribution in [0, 0.1) is 0 Å². The molecule has 0 aromatic heterocycles. The van der Waals surface area contributed by atoms with Gasteiger partial charge >= 0.3 is 5.97 Å². The van der Waals surface area contributed by atoms with E-state index < -0.39 is 11.5 Å². The zero-order chi connectivity index (χ0) is 12.9. The second-order valence-electron chi connectivity index (χ2n) is 4.41. The van der Waals surface area contributed by atoms with E-state index in [1.165, 1.54) is 0 Å². The lowest BCUT2D eigenvalue weighted by Gasteiger charge is -2.24. The Morgan fingerprint density at radius 3 is 2.71 bits per heavy atom. The van der Waals surface area contributed by atoms with Gasteiger partial charge in [0.15, 0.2) is 0 Å². The molecule has 0 aliphatic rings. The van der Waals surface area contributed by atoms with Gasteiger partial charge in [-0.15, -0.1) is 0 Å². The van der Waals surface area contributed by atoms with Gasteiger partial charge in [-0.2, -0.15) is 0 Å². The van der Waals surface area contributed by atoms with Gasteiger partial charge in [0, 0.05) is 6.42 Å². The number of benzene rings is 1. The van der Waals surface area contributed by atoms with Crippen LogP contribution in [0.4, 0.5) is 0 Å². The Bertz CT molecular complexity index is 392. The van der Waals surface area contributed by atoms with E-state index >= 15 is 0 Å². The summed E-state index contributed by atoms with van der Waals surface area (Å²) >= 11 is 0. The summed E-state index contributed by atoms with van der Waals surface area (Å²) in [4.78, 5) is 11.2. The van der Waals surface area contributed by atoms with Gasteiger partial charge in [0.2, 0.25) is 0 Å². The first-order valence-electron chi connectivity index (χ1n) is 5.78. The molecule has 0 bridgehead atoms. The van der Waals surface area contributed by atoms with Crippen LogP contribution in [0.15, 0.2) is 24.3 Å². The lowest BCUT2D eigenvalue weighted by atomic mass is 9.87. The largest absolute Gasteiger partial charge is 0.508 e. The second-order valence-corrected chi connectivity index (χ2v) is 4.41. The molecule has 0 unspecified atom stereocenters. The van der Waals surface area contributed by atoms with Crippen LogP contribution >= 0.6 is 0 Å². The van der Waals surface area contributed by atoms with Crippen molar-refractivity contribution in [1.29, 1.82) is 0 Å². The third kappa shape index (κ3) is 3.75. The molecule has 0 saturated carbocycles. The molecule has 4 N–H and O–H groups in total. The normalized spacial score (nSPS) is 14.2. The van der Waals surface area contributed by atoms with Crippen LogP contribution in [0.1, 0.15) is 31.7 Å².